The molecule has 3 rings (SSSR count). The second-order valence-electron chi connectivity index (χ2n) is 6.29. The molecule has 0 saturated heterocycles. The first-order chi connectivity index (χ1) is 11.0. The number of benzene rings is 1. The van der Waals surface area contributed by atoms with Crippen LogP contribution in [0.25, 0.3) is 0 Å². The number of hydrogen-bond acceptors (Lipinski definition) is 3. The summed E-state index contributed by atoms with van der Waals surface area (Å²) in [5, 5.41) is 2.85. The largest absolute Gasteiger partial charge is 0.326 e. The number of amides is 1. The zero-order chi connectivity index (χ0) is 16.4. The SMILES string of the molecule is O=C(Nc1ccc(SC(F)F)cc1)C1C[C@H]2CCC[C@@H](C1)C2=O. The van der Waals surface area contributed by atoms with Gasteiger partial charge in [0, 0.05) is 28.3 Å². The smallest absolute Gasteiger partial charge is 0.288 e. The van der Waals surface area contributed by atoms with E-state index in [1.165, 1.54) is 0 Å². The number of alkyl halides is 2. The van der Waals surface area contributed by atoms with Crippen molar-refractivity contribution >= 4 is 29.1 Å². The molecule has 1 unspecified atom stereocenters. The lowest BCUT2D eigenvalue weighted by Gasteiger charge is -2.36. The number of hydrogen-bond donors (Lipinski definition) is 1. The number of fused-ring (bicyclic) bond motifs is 2. The van der Waals surface area contributed by atoms with Crippen LogP contribution in [0.5, 0.6) is 0 Å². The van der Waals surface area contributed by atoms with Crippen molar-refractivity contribution in [2.24, 2.45) is 17.8 Å². The van der Waals surface area contributed by atoms with Gasteiger partial charge in [-0.05, 0) is 49.9 Å². The van der Waals surface area contributed by atoms with Gasteiger partial charge >= 0.3 is 0 Å². The third-order valence-corrected chi connectivity index (χ3v) is 5.49. The summed E-state index contributed by atoms with van der Waals surface area (Å²) in [7, 11) is 0. The van der Waals surface area contributed by atoms with Gasteiger partial charge in [0.05, 0.1) is 0 Å². The van der Waals surface area contributed by atoms with Gasteiger partial charge in [-0.15, -0.1) is 0 Å². The fourth-order valence-corrected chi connectivity index (χ4v) is 4.16. The van der Waals surface area contributed by atoms with Gasteiger partial charge in [0.25, 0.3) is 5.76 Å². The van der Waals surface area contributed by atoms with Crippen molar-refractivity contribution in [3.05, 3.63) is 24.3 Å². The summed E-state index contributed by atoms with van der Waals surface area (Å²) >= 11 is 0.482. The molecule has 23 heavy (non-hydrogen) atoms. The molecule has 1 aromatic rings. The van der Waals surface area contributed by atoms with E-state index in [9.17, 15) is 18.4 Å². The lowest BCUT2D eigenvalue weighted by molar-refractivity contribution is -0.136. The second-order valence-corrected chi connectivity index (χ2v) is 7.35. The number of halogens is 2. The van der Waals surface area contributed by atoms with Gasteiger partial charge in [-0.2, -0.15) is 8.78 Å². The van der Waals surface area contributed by atoms with E-state index in [1.807, 2.05) is 0 Å². The van der Waals surface area contributed by atoms with Crippen LogP contribution in [0.3, 0.4) is 0 Å². The summed E-state index contributed by atoms with van der Waals surface area (Å²) < 4.78 is 24.6. The Balaban J connectivity index is 1.60. The van der Waals surface area contributed by atoms with Gasteiger partial charge in [0.2, 0.25) is 5.91 Å². The second kappa shape index (κ2) is 6.99. The lowest BCUT2D eigenvalue weighted by Crippen LogP contribution is -2.40. The zero-order valence-corrected chi connectivity index (χ0v) is 13.5. The molecule has 2 aliphatic carbocycles. The normalized spacial score (nSPS) is 27.1. The van der Waals surface area contributed by atoms with Gasteiger partial charge < -0.3 is 5.32 Å². The molecule has 124 valence electrons. The summed E-state index contributed by atoms with van der Waals surface area (Å²) in [5.74, 6) is -2.21. The molecule has 2 saturated carbocycles. The minimum Gasteiger partial charge on any atom is -0.326 e. The average Bonchev–Trinajstić information content (AvgIpc) is 2.48. The van der Waals surface area contributed by atoms with Gasteiger partial charge in [-0.25, -0.2) is 0 Å². The number of rotatable bonds is 4. The maximum atomic E-state index is 12.4. The molecule has 1 aromatic carbocycles. The number of nitrogens with one attached hydrogen (secondary N) is 1. The monoisotopic (exact) mass is 339 g/mol. The van der Waals surface area contributed by atoms with Gasteiger partial charge in [-0.3, -0.25) is 9.59 Å². The van der Waals surface area contributed by atoms with E-state index in [0.29, 0.717) is 41.0 Å². The Morgan fingerprint density at radius 2 is 1.74 bits per heavy atom. The highest BCUT2D eigenvalue weighted by atomic mass is 32.2. The van der Waals surface area contributed by atoms with Crippen molar-refractivity contribution in [2.75, 3.05) is 5.32 Å². The van der Waals surface area contributed by atoms with Crippen molar-refractivity contribution in [1.29, 1.82) is 0 Å². The maximum absolute atomic E-state index is 12.4. The number of ketones is 1. The van der Waals surface area contributed by atoms with Crippen LogP contribution in [0.1, 0.15) is 32.1 Å². The Morgan fingerprint density at radius 3 is 2.30 bits per heavy atom. The van der Waals surface area contributed by atoms with Crippen molar-refractivity contribution in [2.45, 2.75) is 42.8 Å². The van der Waals surface area contributed by atoms with Crippen molar-refractivity contribution < 1.29 is 18.4 Å². The molecule has 2 bridgehead atoms. The number of Topliss-reactive ketones (excluding diaryl/α,β-unsaturated/α-hetero) is 1. The molecule has 3 nitrogen and oxygen atoms in total. The summed E-state index contributed by atoms with van der Waals surface area (Å²) in [6.45, 7) is 0. The molecule has 2 fully saturated rings. The molecule has 6 heteroatoms. The summed E-state index contributed by atoms with van der Waals surface area (Å²) in [6, 6.07) is 6.42. The minimum atomic E-state index is -2.45. The molecule has 2 aliphatic rings. The zero-order valence-electron chi connectivity index (χ0n) is 12.6. The Kier molecular flexibility index (Phi) is 4.99. The van der Waals surface area contributed by atoms with Crippen LogP contribution in [0.2, 0.25) is 0 Å². The van der Waals surface area contributed by atoms with E-state index < -0.39 is 5.76 Å². The van der Waals surface area contributed by atoms with Crippen molar-refractivity contribution in [1.82, 2.24) is 0 Å². The molecule has 0 heterocycles. The first-order valence-corrected chi connectivity index (χ1v) is 8.80. The Bertz CT molecular complexity index is 575. The summed E-state index contributed by atoms with van der Waals surface area (Å²) in [5.41, 5.74) is 0.607. The average molecular weight is 339 g/mol. The maximum Gasteiger partial charge on any atom is 0.288 e. The molecule has 1 amide bonds. The summed E-state index contributed by atoms with van der Waals surface area (Å²) in [4.78, 5) is 25.0. The standard InChI is InChI=1S/C17H19F2NO2S/c18-17(19)23-14-6-4-13(5-7-14)20-16(22)12-8-10-2-1-3-11(9-12)15(10)21/h4-7,10-12,17H,1-3,8-9H2,(H,20,22)/t10-,11+,12?. The number of anilines is 1. The van der Waals surface area contributed by atoms with Crippen LogP contribution >= 0.6 is 11.8 Å². The quantitative estimate of drug-likeness (QED) is 0.830. The predicted molar refractivity (Wildman–Crippen MR) is 85.5 cm³/mol. The van der Waals surface area contributed by atoms with Crippen LogP contribution in [0.4, 0.5) is 14.5 Å². The fourth-order valence-electron chi connectivity index (χ4n) is 3.66. The summed E-state index contributed by atoms with van der Waals surface area (Å²) in [6.07, 6.45) is 4.16. The van der Waals surface area contributed by atoms with E-state index in [4.69, 9.17) is 0 Å². The number of carbonyl (C=O) groups is 2. The van der Waals surface area contributed by atoms with Crippen molar-refractivity contribution in [3.8, 4) is 0 Å². The van der Waals surface area contributed by atoms with Crippen LogP contribution in [0, 0.1) is 17.8 Å². The number of carbonyl (C=O) groups excluding carboxylic acids is 2. The van der Waals surface area contributed by atoms with E-state index in [-0.39, 0.29) is 23.7 Å². The molecular weight excluding hydrogens is 320 g/mol. The third-order valence-electron chi connectivity index (χ3n) is 4.77. The van der Waals surface area contributed by atoms with E-state index >= 15 is 0 Å². The van der Waals surface area contributed by atoms with Crippen LogP contribution in [0.15, 0.2) is 29.2 Å². The van der Waals surface area contributed by atoms with Gasteiger partial charge in [0.1, 0.15) is 5.78 Å². The molecule has 0 aromatic heterocycles. The molecule has 0 aliphatic heterocycles. The van der Waals surface area contributed by atoms with Gasteiger partial charge in [0.15, 0.2) is 0 Å². The Hall–Kier alpha value is -1.43. The first-order valence-electron chi connectivity index (χ1n) is 7.92. The van der Waals surface area contributed by atoms with Crippen LogP contribution < -0.4 is 5.32 Å². The molecule has 1 N–H and O–H groups in total. The molecular formula is C17H19F2NO2S. The third kappa shape index (κ3) is 3.91. The molecule has 0 radical (unpaired) electrons. The fraction of sp³-hybridized carbons (Fsp3) is 0.529. The Morgan fingerprint density at radius 1 is 1.13 bits per heavy atom. The Labute approximate surface area is 138 Å². The van der Waals surface area contributed by atoms with Crippen LogP contribution in [-0.2, 0) is 9.59 Å². The molecule has 0 spiro atoms. The topological polar surface area (TPSA) is 46.2 Å². The first kappa shape index (κ1) is 16.4. The van der Waals surface area contributed by atoms with E-state index in [2.05, 4.69) is 5.32 Å². The van der Waals surface area contributed by atoms with E-state index in [0.717, 1.165) is 19.3 Å². The highest BCUT2D eigenvalue weighted by Gasteiger charge is 2.41. The lowest BCUT2D eigenvalue weighted by atomic mass is 9.67. The number of thioether (sulfide) groups is 1. The minimum absolute atomic E-state index is 0.0445. The molecule has 3 atom stereocenters. The van der Waals surface area contributed by atoms with Gasteiger partial charge in [-0.1, -0.05) is 18.2 Å². The highest BCUT2D eigenvalue weighted by Crippen LogP contribution is 2.40. The predicted octanol–water partition coefficient (Wildman–Crippen LogP) is 4.34. The van der Waals surface area contributed by atoms with E-state index in [1.54, 1.807) is 24.3 Å². The highest BCUT2D eigenvalue weighted by molar-refractivity contribution is 7.99. The van der Waals surface area contributed by atoms with Crippen LogP contribution in [-0.4, -0.2) is 17.4 Å². The van der Waals surface area contributed by atoms with Crippen molar-refractivity contribution in [3.63, 3.8) is 0 Å².